The van der Waals surface area contributed by atoms with Crippen LogP contribution in [0.2, 0.25) is 10.0 Å². The topological polar surface area (TPSA) is 64.7 Å². The van der Waals surface area contributed by atoms with Gasteiger partial charge in [-0.25, -0.2) is 0 Å². The predicted octanol–water partition coefficient (Wildman–Crippen LogP) is 6.67. The highest BCUT2D eigenvalue weighted by Crippen LogP contribution is 2.29. The van der Waals surface area contributed by atoms with E-state index in [1.54, 1.807) is 48.5 Å². The molecular weight excluding hydrogens is 543 g/mol. The molecule has 6 nitrogen and oxygen atoms in total. The molecular formula is C32H30Cl2N4O2. The number of hydrogen-bond acceptors (Lipinski definition) is 4. The first-order valence-electron chi connectivity index (χ1n) is 13.2. The quantitative estimate of drug-likeness (QED) is 0.247. The third kappa shape index (κ3) is 6.90. The molecule has 1 fully saturated rings. The summed E-state index contributed by atoms with van der Waals surface area (Å²) in [7, 11) is 0. The van der Waals surface area contributed by atoms with Gasteiger partial charge >= 0.3 is 0 Å². The van der Waals surface area contributed by atoms with Crippen LogP contribution in [-0.4, -0.2) is 47.8 Å². The van der Waals surface area contributed by atoms with Gasteiger partial charge < -0.3 is 10.6 Å². The van der Waals surface area contributed by atoms with Gasteiger partial charge in [-0.05, 0) is 59.7 Å². The van der Waals surface area contributed by atoms with E-state index in [1.165, 1.54) is 0 Å². The average Bonchev–Trinajstić information content (AvgIpc) is 2.98. The van der Waals surface area contributed by atoms with Crippen LogP contribution in [0.3, 0.4) is 0 Å². The Labute approximate surface area is 244 Å². The minimum absolute atomic E-state index is 0.109. The third-order valence-electron chi connectivity index (χ3n) is 7.03. The first-order valence-corrected chi connectivity index (χ1v) is 13.9. The lowest BCUT2D eigenvalue weighted by molar-refractivity contribution is -0.125. The maximum Gasteiger partial charge on any atom is 0.246 e. The molecule has 0 unspecified atom stereocenters. The number of amides is 2. The van der Waals surface area contributed by atoms with Gasteiger partial charge in [-0.3, -0.25) is 19.4 Å². The molecule has 1 heterocycles. The maximum atomic E-state index is 13.6. The Morgan fingerprint density at radius 3 is 1.18 bits per heavy atom. The number of halogens is 2. The molecule has 0 aliphatic carbocycles. The summed E-state index contributed by atoms with van der Waals surface area (Å²) in [6.45, 7) is 2.46. The Balaban J connectivity index is 1.34. The molecule has 0 aromatic heterocycles. The van der Waals surface area contributed by atoms with E-state index in [0.29, 0.717) is 47.6 Å². The van der Waals surface area contributed by atoms with Gasteiger partial charge in [0.2, 0.25) is 11.8 Å². The Bertz CT molecular complexity index is 1300. The van der Waals surface area contributed by atoms with Crippen LogP contribution < -0.4 is 10.6 Å². The van der Waals surface area contributed by atoms with Crippen molar-refractivity contribution in [2.45, 2.75) is 12.1 Å². The molecule has 1 aliphatic heterocycles. The predicted molar refractivity (Wildman–Crippen MR) is 162 cm³/mol. The van der Waals surface area contributed by atoms with E-state index in [1.807, 2.05) is 60.7 Å². The van der Waals surface area contributed by atoms with Crippen LogP contribution in [-0.2, 0) is 9.59 Å². The lowest BCUT2D eigenvalue weighted by Crippen LogP contribution is -2.52. The summed E-state index contributed by atoms with van der Waals surface area (Å²) < 4.78 is 0. The van der Waals surface area contributed by atoms with Gasteiger partial charge in [0, 0.05) is 47.6 Å². The minimum atomic E-state index is -0.475. The molecule has 2 N–H and O–H groups in total. The summed E-state index contributed by atoms with van der Waals surface area (Å²) >= 11 is 12.1. The van der Waals surface area contributed by atoms with Crippen molar-refractivity contribution in [2.75, 3.05) is 36.8 Å². The van der Waals surface area contributed by atoms with Gasteiger partial charge in [-0.2, -0.15) is 0 Å². The molecule has 0 spiro atoms. The summed E-state index contributed by atoms with van der Waals surface area (Å²) in [6.07, 6.45) is 0. The van der Waals surface area contributed by atoms with Gasteiger partial charge in [-0.15, -0.1) is 0 Å². The van der Waals surface area contributed by atoms with Gasteiger partial charge in [0.25, 0.3) is 0 Å². The third-order valence-corrected chi connectivity index (χ3v) is 7.53. The van der Waals surface area contributed by atoms with Crippen molar-refractivity contribution in [3.8, 4) is 0 Å². The van der Waals surface area contributed by atoms with E-state index in [0.717, 1.165) is 11.1 Å². The van der Waals surface area contributed by atoms with Crippen molar-refractivity contribution in [1.82, 2.24) is 9.80 Å². The van der Waals surface area contributed by atoms with Crippen LogP contribution in [0, 0.1) is 0 Å². The van der Waals surface area contributed by atoms with Crippen molar-refractivity contribution in [3.63, 3.8) is 0 Å². The fourth-order valence-electron chi connectivity index (χ4n) is 5.07. The van der Waals surface area contributed by atoms with E-state index >= 15 is 0 Å². The molecule has 0 radical (unpaired) electrons. The lowest BCUT2D eigenvalue weighted by atomic mass is 10.0. The molecule has 204 valence electrons. The van der Waals surface area contributed by atoms with Crippen molar-refractivity contribution in [2.24, 2.45) is 0 Å². The molecule has 8 heteroatoms. The Kier molecular flexibility index (Phi) is 9.14. The highest BCUT2D eigenvalue weighted by Gasteiger charge is 2.35. The molecule has 2 atom stereocenters. The van der Waals surface area contributed by atoms with Crippen LogP contribution in [0.4, 0.5) is 11.4 Å². The fraction of sp³-hybridized carbons (Fsp3) is 0.188. The number of anilines is 2. The second-order valence-corrected chi connectivity index (χ2v) is 10.6. The second-order valence-electron chi connectivity index (χ2n) is 9.69. The monoisotopic (exact) mass is 572 g/mol. The minimum Gasteiger partial charge on any atom is -0.324 e. The molecule has 1 aliphatic rings. The molecule has 40 heavy (non-hydrogen) atoms. The number of nitrogens with one attached hydrogen (secondary N) is 2. The van der Waals surface area contributed by atoms with Gasteiger partial charge in [-0.1, -0.05) is 83.9 Å². The van der Waals surface area contributed by atoms with E-state index < -0.39 is 12.1 Å². The molecule has 2 amide bonds. The molecule has 0 saturated carbocycles. The number of benzene rings is 4. The standard InChI is InChI=1S/C32H30Cl2N4O2/c33-25-11-15-27(16-12-25)35-31(39)29(23-7-3-1-4-8-23)37-19-21-38(22-20-37)30(24-9-5-2-6-10-24)32(40)36-28-17-13-26(34)14-18-28/h1-18,29-30H,19-22H2,(H,35,39)(H,36,40)/t29-,30-/m0/s1. The van der Waals surface area contributed by atoms with Gasteiger partial charge in [0.05, 0.1) is 0 Å². The molecule has 4 aromatic carbocycles. The zero-order valence-electron chi connectivity index (χ0n) is 21.8. The highest BCUT2D eigenvalue weighted by atomic mass is 35.5. The Morgan fingerprint density at radius 1 is 0.525 bits per heavy atom. The van der Waals surface area contributed by atoms with E-state index in [9.17, 15) is 9.59 Å². The summed E-state index contributed by atoms with van der Waals surface area (Å²) in [5, 5.41) is 7.32. The van der Waals surface area contributed by atoms with Crippen LogP contribution in [0.25, 0.3) is 0 Å². The summed E-state index contributed by atoms with van der Waals surface area (Å²) in [5.41, 5.74) is 3.22. The highest BCUT2D eigenvalue weighted by molar-refractivity contribution is 6.31. The number of hydrogen-bond donors (Lipinski definition) is 2. The van der Waals surface area contributed by atoms with Crippen molar-refractivity contribution < 1.29 is 9.59 Å². The smallest absolute Gasteiger partial charge is 0.246 e. The molecule has 4 aromatic rings. The normalized spacial score (nSPS) is 15.7. The zero-order valence-corrected chi connectivity index (χ0v) is 23.4. The molecule has 5 rings (SSSR count). The van der Waals surface area contributed by atoms with Gasteiger partial charge in [0.15, 0.2) is 0 Å². The first kappa shape index (κ1) is 27.9. The SMILES string of the molecule is O=C(Nc1ccc(Cl)cc1)[C@H](c1ccccc1)N1CCN([C@H](C(=O)Nc2ccc(Cl)cc2)c2ccccc2)CC1. The zero-order chi connectivity index (χ0) is 27.9. The molecule has 0 bridgehead atoms. The van der Waals surface area contributed by atoms with Crippen LogP contribution in [0.15, 0.2) is 109 Å². The number of carbonyl (C=O) groups excluding carboxylic acids is 2. The summed E-state index contributed by atoms with van der Waals surface area (Å²) in [5.74, 6) is -0.218. The first-order chi connectivity index (χ1) is 19.5. The average molecular weight is 574 g/mol. The Hall–Kier alpha value is -3.68. The van der Waals surface area contributed by atoms with E-state index in [-0.39, 0.29) is 11.8 Å². The van der Waals surface area contributed by atoms with Crippen LogP contribution in [0.5, 0.6) is 0 Å². The van der Waals surface area contributed by atoms with Crippen molar-refractivity contribution in [3.05, 3.63) is 130 Å². The largest absolute Gasteiger partial charge is 0.324 e. The number of nitrogens with zero attached hydrogens (tertiary/aromatic N) is 2. The van der Waals surface area contributed by atoms with Crippen LogP contribution in [0.1, 0.15) is 23.2 Å². The maximum absolute atomic E-state index is 13.6. The lowest BCUT2D eigenvalue weighted by Gasteiger charge is -2.41. The van der Waals surface area contributed by atoms with Gasteiger partial charge in [0.1, 0.15) is 12.1 Å². The van der Waals surface area contributed by atoms with E-state index in [4.69, 9.17) is 23.2 Å². The van der Waals surface area contributed by atoms with Crippen molar-refractivity contribution >= 4 is 46.4 Å². The van der Waals surface area contributed by atoms with Crippen LogP contribution >= 0.6 is 23.2 Å². The van der Waals surface area contributed by atoms with E-state index in [2.05, 4.69) is 20.4 Å². The summed E-state index contributed by atoms with van der Waals surface area (Å²) in [6, 6.07) is 32.8. The molecule has 1 saturated heterocycles. The number of rotatable bonds is 8. The fourth-order valence-corrected chi connectivity index (χ4v) is 5.32. The number of carbonyl (C=O) groups is 2. The van der Waals surface area contributed by atoms with Crippen molar-refractivity contribution in [1.29, 1.82) is 0 Å². The Morgan fingerprint density at radius 2 is 0.850 bits per heavy atom. The summed E-state index contributed by atoms with van der Waals surface area (Å²) in [4.78, 5) is 31.5. The second kappa shape index (κ2) is 13.1. The number of piperazine rings is 1.